The van der Waals surface area contributed by atoms with E-state index in [9.17, 15) is 29.1 Å². The average molecular weight is 851 g/mol. The normalized spacial score (nSPS) is 32.3. The molecule has 0 spiro atoms. The van der Waals surface area contributed by atoms with Crippen LogP contribution < -0.4 is 0 Å². The molecule has 5 aliphatic rings. The number of carbonyl (C=O) groups is 5. The van der Waals surface area contributed by atoms with Crippen LogP contribution in [0.4, 0.5) is 4.39 Å². The average Bonchev–Trinajstić information content (AvgIpc) is 3.64. The van der Waals surface area contributed by atoms with Crippen molar-refractivity contribution in [3.8, 4) is 0 Å². The number of ether oxygens (including phenoxy) is 4. The number of nitrogens with zero attached hydrogens (tertiary/aromatic N) is 2. The highest BCUT2D eigenvalue weighted by Gasteiger charge is 2.80. The van der Waals surface area contributed by atoms with E-state index in [4.69, 9.17) is 18.9 Å². The van der Waals surface area contributed by atoms with Gasteiger partial charge in [-0.25, -0.2) is 4.39 Å². The van der Waals surface area contributed by atoms with Crippen molar-refractivity contribution in [1.82, 2.24) is 9.88 Å². The van der Waals surface area contributed by atoms with Gasteiger partial charge < -0.3 is 24.1 Å². The molecule has 3 aromatic rings. The number of likely N-dealkylation sites (N-methyl/N-ethyl adjacent to an activating group) is 1. The van der Waals surface area contributed by atoms with Crippen LogP contribution in [0.1, 0.15) is 89.0 Å². The monoisotopic (exact) mass is 850 g/mol. The fourth-order valence-corrected chi connectivity index (χ4v) is 11.7. The second kappa shape index (κ2) is 16.0. The van der Waals surface area contributed by atoms with Crippen LogP contribution in [0.25, 0.3) is 10.8 Å². The standard InChI is InChI=1S/C49H55FN2O10/c1-45(2)61-41-24-37-36-14-13-34-23-35(53)17-19-46(34,3)48(36,50)39(55)25-47(37,4)49(41,62-45)40(56)28-60-43(58)16-15-42(57)59-27-29-7-10-31(11-8-29)44(52(5)6)38(54)22-30-9-12-33-26-51-20-18-32(33)21-30/h7-12,17-21,23,26,36-37,39,41,44,55H,13-16,22,24-25,27-28H2,1-6H3/t36-,37-,39-,41+,44+,46-,47-,48-,49+/m0/s1. The fourth-order valence-electron chi connectivity index (χ4n) is 11.7. The minimum Gasteiger partial charge on any atom is -0.461 e. The summed E-state index contributed by atoms with van der Waals surface area (Å²) in [6, 6.07) is 14.6. The second-order valence-corrected chi connectivity index (χ2v) is 18.9. The summed E-state index contributed by atoms with van der Waals surface area (Å²) < 4.78 is 41.5. The maximum absolute atomic E-state index is 17.7. The van der Waals surface area contributed by atoms with Crippen molar-refractivity contribution in [2.45, 2.75) is 115 Å². The lowest BCUT2D eigenvalue weighted by Crippen LogP contribution is -2.70. The first-order valence-electron chi connectivity index (χ1n) is 21.5. The summed E-state index contributed by atoms with van der Waals surface area (Å²) in [6.45, 7) is 6.26. The van der Waals surface area contributed by atoms with Crippen molar-refractivity contribution in [2.75, 3.05) is 20.7 Å². The van der Waals surface area contributed by atoms with E-state index < -0.39 is 82.3 Å². The molecular formula is C49H55FN2O10. The Balaban J connectivity index is 0.857. The number of hydrogen-bond donors (Lipinski definition) is 1. The number of ketones is 3. The minimum atomic E-state index is -2.10. The fraction of sp³-hybridized carbons (Fsp3) is 0.510. The highest BCUT2D eigenvalue weighted by molar-refractivity contribution is 6.01. The molecule has 1 aliphatic heterocycles. The van der Waals surface area contributed by atoms with Gasteiger partial charge in [-0.1, -0.05) is 61.0 Å². The molecule has 0 bridgehead atoms. The smallest absolute Gasteiger partial charge is 0.306 e. The van der Waals surface area contributed by atoms with Gasteiger partial charge in [-0.2, -0.15) is 0 Å². The Morgan fingerprint density at radius 1 is 0.952 bits per heavy atom. The summed E-state index contributed by atoms with van der Waals surface area (Å²) in [5.74, 6) is -4.41. The lowest BCUT2D eigenvalue weighted by Gasteiger charge is -2.62. The third-order valence-electron chi connectivity index (χ3n) is 14.5. The maximum Gasteiger partial charge on any atom is 0.306 e. The highest BCUT2D eigenvalue weighted by atomic mass is 19.1. The first kappa shape index (κ1) is 43.7. The number of aliphatic hydroxyl groups is 1. The van der Waals surface area contributed by atoms with Gasteiger partial charge in [0.25, 0.3) is 0 Å². The summed E-state index contributed by atoms with van der Waals surface area (Å²) in [5.41, 5.74) is -2.95. The molecule has 0 unspecified atom stereocenters. The third-order valence-corrected chi connectivity index (χ3v) is 14.5. The van der Waals surface area contributed by atoms with Gasteiger partial charge in [0.2, 0.25) is 5.78 Å². The van der Waals surface area contributed by atoms with E-state index in [0.717, 1.165) is 21.9 Å². The van der Waals surface area contributed by atoms with E-state index in [1.165, 1.54) is 12.2 Å². The molecule has 1 N–H and O–H groups in total. The molecule has 2 aromatic carbocycles. The second-order valence-electron chi connectivity index (χ2n) is 18.9. The number of carbonyl (C=O) groups excluding carboxylic acids is 5. The predicted molar refractivity (Wildman–Crippen MR) is 225 cm³/mol. The molecule has 4 fully saturated rings. The number of allylic oxidation sites excluding steroid dienone is 4. The van der Waals surface area contributed by atoms with E-state index in [0.29, 0.717) is 30.4 Å². The molecule has 12 nitrogen and oxygen atoms in total. The first-order valence-corrected chi connectivity index (χ1v) is 21.5. The largest absolute Gasteiger partial charge is 0.461 e. The Morgan fingerprint density at radius 2 is 1.66 bits per heavy atom. The van der Waals surface area contributed by atoms with Gasteiger partial charge >= 0.3 is 11.9 Å². The zero-order chi connectivity index (χ0) is 44.4. The van der Waals surface area contributed by atoms with Crippen LogP contribution in [0.3, 0.4) is 0 Å². The zero-order valence-corrected chi connectivity index (χ0v) is 36.2. The number of benzene rings is 2. The van der Waals surface area contributed by atoms with Gasteiger partial charge in [0.05, 0.1) is 31.1 Å². The van der Waals surface area contributed by atoms with Crippen molar-refractivity contribution in [3.05, 3.63) is 101 Å². The Morgan fingerprint density at radius 3 is 2.39 bits per heavy atom. The van der Waals surface area contributed by atoms with Crippen LogP contribution in [0.5, 0.6) is 0 Å². The Bertz CT molecular complexity index is 2380. The summed E-state index contributed by atoms with van der Waals surface area (Å²) in [4.78, 5) is 71.9. The topological polar surface area (TPSA) is 159 Å². The SMILES string of the molecule is CN(C)[C@@H](C(=O)Cc1ccc2cnccc2c1)c1ccc(COC(=O)CCC(=O)OCC(=O)[C@@]23OC(C)(C)O[C@@H]2C[C@H]2[C@@H]4CCC5=CC(=O)C=C[C@]5(C)[C@@]4(F)[C@@H](O)C[C@@]23C)cc1. The van der Waals surface area contributed by atoms with Gasteiger partial charge in [-0.05, 0) is 107 Å². The Labute approximate surface area is 360 Å². The number of hydrogen-bond acceptors (Lipinski definition) is 12. The molecule has 13 heteroatoms. The maximum atomic E-state index is 17.7. The van der Waals surface area contributed by atoms with Crippen LogP contribution in [-0.4, -0.2) is 94.2 Å². The van der Waals surface area contributed by atoms with Crippen LogP contribution in [0.15, 0.2) is 84.7 Å². The van der Waals surface area contributed by atoms with Gasteiger partial charge in [0.15, 0.2) is 35.2 Å². The number of fused-ring (bicyclic) bond motifs is 8. The number of aromatic nitrogens is 1. The van der Waals surface area contributed by atoms with Crippen molar-refractivity contribution < 1.29 is 52.4 Å². The van der Waals surface area contributed by atoms with Crippen LogP contribution in [-0.2, 0) is 55.9 Å². The summed E-state index contributed by atoms with van der Waals surface area (Å²) in [5, 5.41) is 13.8. The molecule has 8 rings (SSSR count). The van der Waals surface area contributed by atoms with E-state index >= 15 is 4.39 Å². The number of Topliss-reactive ketones (excluding diaryl/α,β-unsaturated/α-hetero) is 2. The van der Waals surface area contributed by atoms with E-state index in [1.807, 2.05) is 62.3 Å². The lowest BCUT2D eigenvalue weighted by molar-refractivity contribution is -0.246. The first-order chi connectivity index (χ1) is 29.3. The quantitative estimate of drug-likeness (QED) is 0.188. The summed E-state index contributed by atoms with van der Waals surface area (Å²) >= 11 is 0. The molecule has 0 radical (unpaired) electrons. The van der Waals surface area contributed by atoms with Gasteiger partial charge in [-0.3, -0.25) is 33.9 Å². The van der Waals surface area contributed by atoms with Crippen LogP contribution in [0, 0.1) is 22.7 Å². The van der Waals surface area contributed by atoms with Crippen molar-refractivity contribution >= 4 is 40.1 Å². The Hall–Kier alpha value is -4.95. The van der Waals surface area contributed by atoms with Gasteiger partial charge in [0.1, 0.15) is 6.61 Å². The number of rotatable bonds is 13. The molecule has 62 heavy (non-hydrogen) atoms. The number of alkyl halides is 1. The number of aliphatic hydroxyl groups excluding tert-OH is 1. The molecule has 1 aromatic heterocycles. The van der Waals surface area contributed by atoms with Gasteiger partial charge in [0, 0.05) is 40.9 Å². The molecular weight excluding hydrogens is 796 g/mol. The molecule has 0 amide bonds. The summed E-state index contributed by atoms with van der Waals surface area (Å²) in [7, 11) is 3.71. The van der Waals surface area contributed by atoms with E-state index in [1.54, 1.807) is 51.4 Å². The third kappa shape index (κ3) is 7.24. The number of pyridine rings is 1. The van der Waals surface area contributed by atoms with Crippen molar-refractivity contribution in [3.63, 3.8) is 0 Å². The van der Waals surface area contributed by atoms with Crippen molar-refractivity contribution in [2.24, 2.45) is 22.7 Å². The minimum absolute atomic E-state index is 0.0356. The zero-order valence-electron chi connectivity index (χ0n) is 36.2. The highest BCUT2D eigenvalue weighted by Crippen LogP contribution is 2.72. The molecule has 9 atom stereocenters. The molecule has 3 saturated carbocycles. The van der Waals surface area contributed by atoms with E-state index in [2.05, 4.69) is 4.98 Å². The summed E-state index contributed by atoms with van der Waals surface area (Å²) in [6.07, 6.45) is 6.34. The molecule has 4 aliphatic carbocycles. The van der Waals surface area contributed by atoms with Crippen LogP contribution >= 0.6 is 0 Å². The van der Waals surface area contributed by atoms with Crippen molar-refractivity contribution in [1.29, 1.82) is 0 Å². The molecule has 1 saturated heterocycles. The molecule has 328 valence electrons. The predicted octanol–water partition coefficient (Wildman–Crippen LogP) is 6.46. The lowest BCUT2D eigenvalue weighted by atomic mass is 9.44. The van der Waals surface area contributed by atoms with Crippen LogP contribution in [0.2, 0.25) is 0 Å². The van der Waals surface area contributed by atoms with Gasteiger partial charge in [-0.15, -0.1) is 0 Å². The number of halogens is 1. The van der Waals surface area contributed by atoms with E-state index in [-0.39, 0.29) is 43.9 Å². The molecule has 2 heterocycles. The Kier molecular flexibility index (Phi) is 11.3. The number of esters is 2.